The quantitative estimate of drug-likeness (QED) is 0.584. The molecule has 1 aliphatic heterocycles. The van der Waals surface area contributed by atoms with Crippen LogP contribution in [0.1, 0.15) is 51.4 Å². The fourth-order valence-corrected chi connectivity index (χ4v) is 4.82. The number of piperidine rings is 1. The number of benzene rings is 1. The lowest BCUT2D eigenvalue weighted by atomic mass is 9.94. The minimum absolute atomic E-state index is 0.0381. The number of rotatable bonds is 8. The van der Waals surface area contributed by atoms with Crippen molar-refractivity contribution >= 4 is 11.8 Å². The van der Waals surface area contributed by atoms with Crippen molar-refractivity contribution in [3.63, 3.8) is 0 Å². The average molecular weight is 471 g/mol. The molecule has 1 saturated carbocycles. The topological polar surface area (TPSA) is 103 Å². The van der Waals surface area contributed by atoms with Crippen LogP contribution < -0.4 is 9.47 Å². The van der Waals surface area contributed by atoms with Crippen LogP contribution >= 0.6 is 0 Å². The van der Waals surface area contributed by atoms with Crippen molar-refractivity contribution in [2.45, 2.75) is 64.0 Å². The number of hydrogen-bond donors (Lipinski definition) is 0. The smallest absolute Gasteiger partial charge is 0.246 e. The van der Waals surface area contributed by atoms with Gasteiger partial charge < -0.3 is 19.3 Å². The number of amides is 2. The molecule has 1 aromatic heterocycles. The van der Waals surface area contributed by atoms with Crippen molar-refractivity contribution in [1.29, 1.82) is 0 Å². The van der Waals surface area contributed by atoms with Gasteiger partial charge in [0.2, 0.25) is 17.6 Å². The lowest BCUT2D eigenvalue weighted by molar-refractivity contribution is -0.144. The Morgan fingerprint density at radius 2 is 1.71 bits per heavy atom. The molecule has 0 bridgehead atoms. The van der Waals surface area contributed by atoms with Gasteiger partial charge in [0.15, 0.2) is 11.5 Å². The highest BCUT2D eigenvalue weighted by Gasteiger charge is 2.30. The summed E-state index contributed by atoms with van der Waals surface area (Å²) in [5, 5.41) is 12.6. The first kappa shape index (κ1) is 24.0. The third-order valence-electron chi connectivity index (χ3n) is 6.72. The van der Waals surface area contributed by atoms with Gasteiger partial charge >= 0.3 is 0 Å². The summed E-state index contributed by atoms with van der Waals surface area (Å²) >= 11 is 0. The summed E-state index contributed by atoms with van der Waals surface area (Å²) in [4.78, 5) is 31.3. The second kappa shape index (κ2) is 11.3. The second-order valence-corrected chi connectivity index (χ2v) is 8.97. The Morgan fingerprint density at radius 3 is 2.41 bits per heavy atom. The van der Waals surface area contributed by atoms with Gasteiger partial charge in [-0.05, 0) is 55.5 Å². The Balaban J connectivity index is 1.47. The Kier molecular flexibility index (Phi) is 7.97. The SMILES string of the molecule is COc1ccc(-c2nnn(CC(=O)N(CC(=O)N3CCCCC3)C3CCCCC3)n2)cc1OC. The molecule has 2 aliphatic rings. The monoisotopic (exact) mass is 470 g/mol. The maximum atomic E-state index is 13.3. The minimum Gasteiger partial charge on any atom is -0.493 e. The first-order chi connectivity index (χ1) is 16.6. The molecule has 0 spiro atoms. The molecule has 1 aromatic carbocycles. The van der Waals surface area contributed by atoms with Crippen LogP contribution in [0.4, 0.5) is 0 Å². The van der Waals surface area contributed by atoms with Crippen LogP contribution in [0, 0.1) is 0 Å². The highest BCUT2D eigenvalue weighted by molar-refractivity contribution is 5.85. The van der Waals surface area contributed by atoms with E-state index in [1.807, 2.05) is 11.0 Å². The molecule has 0 radical (unpaired) electrons. The van der Waals surface area contributed by atoms with Gasteiger partial charge in [-0.3, -0.25) is 9.59 Å². The Morgan fingerprint density at radius 1 is 1.00 bits per heavy atom. The fraction of sp³-hybridized carbons (Fsp3) is 0.625. The highest BCUT2D eigenvalue weighted by atomic mass is 16.5. The van der Waals surface area contributed by atoms with E-state index in [0.717, 1.165) is 58.0 Å². The zero-order valence-electron chi connectivity index (χ0n) is 20.1. The summed E-state index contributed by atoms with van der Waals surface area (Å²) in [6.45, 7) is 1.64. The summed E-state index contributed by atoms with van der Waals surface area (Å²) in [6.07, 6.45) is 8.43. The third-order valence-corrected chi connectivity index (χ3v) is 6.72. The summed E-state index contributed by atoms with van der Waals surface area (Å²) in [6, 6.07) is 5.45. The first-order valence-electron chi connectivity index (χ1n) is 12.2. The number of nitrogens with zero attached hydrogens (tertiary/aromatic N) is 6. The fourth-order valence-electron chi connectivity index (χ4n) is 4.82. The third kappa shape index (κ3) is 5.66. The van der Waals surface area contributed by atoms with E-state index < -0.39 is 0 Å². The van der Waals surface area contributed by atoms with Gasteiger partial charge in [0, 0.05) is 24.7 Å². The lowest BCUT2D eigenvalue weighted by Gasteiger charge is -2.36. The van der Waals surface area contributed by atoms with Gasteiger partial charge in [-0.1, -0.05) is 19.3 Å². The number of carbonyl (C=O) groups excluding carboxylic acids is 2. The van der Waals surface area contributed by atoms with Gasteiger partial charge in [0.1, 0.15) is 13.1 Å². The molecule has 0 N–H and O–H groups in total. The van der Waals surface area contributed by atoms with Crippen LogP contribution in [0.5, 0.6) is 11.5 Å². The lowest BCUT2D eigenvalue weighted by Crippen LogP contribution is -2.50. The van der Waals surface area contributed by atoms with Crippen molar-refractivity contribution in [2.24, 2.45) is 0 Å². The van der Waals surface area contributed by atoms with Crippen molar-refractivity contribution in [3.8, 4) is 22.9 Å². The van der Waals surface area contributed by atoms with Crippen molar-refractivity contribution in [2.75, 3.05) is 33.9 Å². The molecule has 1 saturated heterocycles. The maximum absolute atomic E-state index is 13.3. The second-order valence-electron chi connectivity index (χ2n) is 8.97. The molecule has 10 heteroatoms. The molecule has 2 aromatic rings. The number of carbonyl (C=O) groups is 2. The average Bonchev–Trinajstić information content (AvgIpc) is 3.36. The predicted molar refractivity (Wildman–Crippen MR) is 125 cm³/mol. The van der Waals surface area contributed by atoms with E-state index in [1.54, 1.807) is 31.3 Å². The normalized spacial score (nSPS) is 16.8. The zero-order chi connectivity index (χ0) is 23.9. The Bertz CT molecular complexity index is 982. The number of methoxy groups -OCH3 is 2. The molecule has 10 nitrogen and oxygen atoms in total. The summed E-state index contributed by atoms with van der Waals surface area (Å²) in [5.74, 6) is 1.45. The number of tetrazole rings is 1. The summed E-state index contributed by atoms with van der Waals surface area (Å²) < 4.78 is 10.6. The summed E-state index contributed by atoms with van der Waals surface area (Å²) in [7, 11) is 3.14. The van der Waals surface area contributed by atoms with Gasteiger partial charge in [0.05, 0.1) is 14.2 Å². The van der Waals surface area contributed by atoms with Crippen LogP contribution in [0.15, 0.2) is 18.2 Å². The molecule has 2 fully saturated rings. The molecule has 2 heterocycles. The largest absolute Gasteiger partial charge is 0.493 e. The standard InChI is InChI=1S/C24H34N6O4/c1-33-20-12-11-18(15-21(20)34-2)24-25-27-30(26-24)17-23(32)29(19-9-5-3-6-10-19)16-22(31)28-13-7-4-8-14-28/h11-12,15,19H,3-10,13-14,16-17H2,1-2H3. The van der Waals surface area contributed by atoms with Gasteiger partial charge in [0.25, 0.3) is 0 Å². The highest BCUT2D eigenvalue weighted by Crippen LogP contribution is 2.30. The van der Waals surface area contributed by atoms with Crippen LogP contribution in [0.2, 0.25) is 0 Å². The van der Waals surface area contributed by atoms with E-state index >= 15 is 0 Å². The van der Waals surface area contributed by atoms with E-state index in [9.17, 15) is 9.59 Å². The van der Waals surface area contributed by atoms with E-state index in [0.29, 0.717) is 22.9 Å². The van der Waals surface area contributed by atoms with Gasteiger partial charge in [-0.15, -0.1) is 10.2 Å². The number of ether oxygens (including phenoxy) is 2. The Labute approximate surface area is 200 Å². The zero-order valence-corrected chi connectivity index (χ0v) is 20.1. The maximum Gasteiger partial charge on any atom is 0.246 e. The molecule has 2 amide bonds. The van der Waals surface area contributed by atoms with Gasteiger partial charge in [-0.25, -0.2) is 0 Å². The van der Waals surface area contributed by atoms with Crippen LogP contribution in [-0.4, -0.2) is 81.7 Å². The number of likely N-dealkylation sites (tertiary alicyclic amines) is 1. The van der Waals surface area contributed by atoms with E-state index in [1.165, 1.54) is 11.2 Å². The molecule has 1 aliphatic carbocycles. The van der Waals surface area contributed by atoms with Crippen molar-refractivity contribution < 1.29 is 19.1 Å². The minimum atomic E-state index is -0.145. The predicted octanol–water partition coefficient (Wildman–Crippen LogP) is 2.53. The Hall–Kier alpha value is -3.17. The van der Waals surface area contributed by atoms with Crippen molar-refractivity contribution in [1.82, 2.24) is 30.0 Å². The van der Waals surface area contributed by atoms with Crippen LogP contribution in [0.3, 0.4) is 0 Å². The van der Waals surface area contributed by atoms with E-state index in [2.05, 4.69) is 15.4 Å². The van der Waals surface area contributed by atoms with Crippen LogP contribution in [0.25, 0.3) is 11.4 Å². The number of aromatic nitrogens is 4. The van der Waals surface area contributed by atoms with Crippen molar-refractivity contribution in [3.05, 3.63) is 18.2 Å². The molecular formula is C24H34N6O4. The molecule has 0 atom stereocenters. The molecule has 4 rings (SSSR count). The van der Waals surface area contributed by atoms with Gasteiger partial charge in [-0.2, -0.15) is 4.80 Å². The molecule has 184 valence electrons. The number of hydrogen-bond acceptors (Lipinski definition) is 7. The van der Waals surface area contributed by atoms with Crippen LogP contribution in [-0.2, 0) is 16.1 Å². The molecule has 34 heavy (non-hydrogen) atoms. The van der Waals surface area contributed by atoms with E-state index in [4.69, 9.17) is 9.47 Å². The van der Waals surface area contributed by atoms with E-state index in [-0.39, 0.29) is 30.9 Å². The summed E-state index contributed by atoms with van der Waals surface area (Å²) in [5.41, 5.74) is 0.709. The molecule has 0 unspecified atom stereocenters. The molecular weight excluding hydrogens is 436 g/mol. The first-order valence-corrected chi connectivity index (χ1v) is 12.2.